The van der Waals surface area contributed by atoms with Gasteiger partial charge in [-0.15, -0.1) is 0 Å². The molecule has 6 heteroatoms. The SMILES string of the molecule is CNC(=O)/C(C#N)=C1\SCC(=O)N1c1ccc(C(C)C)cc1. The number of hydrogen-bond acceptors (Lipinski definition) is 4. The fraction of sp³-hybridized carbons (Fsp3) is 0.312. The summed E-state index contributed by atoms with van der Waals surface area (Å²) in [5.74, 6) is 0.00870. The first-order valence-corrected chi connectivity index (χ1v) is 7.90. The van der Waals surface area contributed by atoms with E-state index in [1.54, 1.807) is 0 Å². The van der Waals surface area contributed by atoms with E-state index in [4.69, 9.17) is 0 Å². The molecular weight excluding hydrogens is 298 g/mol. The highest BCUT2D eigenvalue weighted by atomic mass is 32.2. The third-order valence-corrected chi connectivity index (χ3v) is 4.43. The smallest absolute Gasteiger partial charge is 0.264 e. The molecular formula is C16H17N3O2S. The lowest BCUT2D eigenvalue weighted by molar-refractivity contribution is -0.116. The first-order valence-electron chi connectivity index (χ1n) is 6.91. The Morgan fingerprint density at radius 1 is 1.36 bits per heavy atom. The standard InChI is InChI=1S/C16H17N3O2S/c1-10(2)11-4-6-12(7-5-11)19-14(20)9-22-16(19)13(8-17)15(21)18-3/h4-7,10H,9H2,1-3H3,(H,18,21)/b16-13-. The van der Waals surface area contributed by atoms with Gasteiger partial charge in [-0.25, -0.2) is 0 Å². The van der Waals surface area contributed by atoms with Gasteiger partial charge in [0.1, 0.15) is 16.7 Å². The largest absolute Gasteiger partial charge is 0.354 e. The number of carbonyl (C=O) groups excluding carboxylic acids is 2. The number of nitrogens with zero attached hydrogens (tertiary/aromatic N) is 2. The molecule has 0 saturated carbocycles. The maximum absolute atomic E-state index is 12.2. The van der Waals surface area contributed by atoms with Crippen molar-refractivity contribution < 1.29 is 9.59 Å². The molecule has 0 spiro atoms. The van der Waals surface area contributed by atoms with Crippen LogP contribution in [0.15, 0.2) is 34.9 Å². The number of thioether (sulfide) groups is 1. The van der Waals surface area contributed by atoms with E-state index in [1.165, 1.54) is 29.3 Å². The van der Waals surface area contributed by atoms with Crippen molar-refractivity contribution in [2.75, 3.05) is 17.7 Å². The van der Waals surface area contributed by atoms with Gasteiger partial charge in [0.25, 0.3) is 5.91 Å². The van der Waals surface area contributed by atoms with Gasteiger partial charge in [-0.3, -0.25) is 14.5 Å². The summed E-state index contributed by atoms with van der Waals surface area (Å²) in [4.78, 5) is 25.4. The van der Waals surface area contributed by atoms with Gasteiger partial charge in [0.15, 0.2) is 0 Å². The minimum Gasteiger partial charge on any atom is -0.354 e. The van der Waals surface area contributed by atoms with Gasteiger partial charge in [0.2, 0.25) is 5.91 Å². The molecule has 1 aliphatic rings. The highest BCUT2D eigenvalue weighted by Crippen LogP contribution is 2.36. The maximum atomic E-state index is 12.2. The normalized spacial score (nSPS) is 16.7. The number of amides is 2. The molecule has 1 heterocycles. The average Bonchev–Trinajstić information content (AvgIpc) is 2.89. The van der Waals surface area contributed by atoms with Crippen LogP contribution in [0.3, 0.4) is 0 Å². The Balaban J connectivity index is 2.46. The van der Waals surface area contributed by atoms with Crippen LogP contribution in [0, 0.1) is 11.3 Å². The Labute approximate surface area is 134 Å². The van der Waals surface area contributed by atoms with E-state index in [9.17, 15) is 14.9 Å². The maximum Gasteiger partial charge on any atom is 0.264 e. The highest BCUT2D eigenvalue weighted by Gasteiger charge is 2.32. The van der Waals surface area contributed by atoms with Crippen LogP contribution < -0.4 is 10.2 Å². The molecule has 1 N–H and O–H groups in total. The fourth-order valence-electron chi connectivity index (χ4n) is 2.15. The Bertz CT molecular complexity index is 672. The van der Waals surface area contributed by atoms with Gasteiger partial charge in [0, 0.05) is 12.7 Å². The van der Waals surface area contributed by atoms with Gasteiger partial charge in [-0.2, -0.15) is 5.26 Å². The molecule has 22 heavy (non-hydrogen) atoms. The van der Waals surface area contributed by atoms with Crippen molar-refractivity contribution in [1.82, 2.24) is 5.32 Å². The summed E-state index contributed by atoms with van der Waals surface area (Å²) in [5, 5.41) is 12.1. The number of nitrogens with one attached hydrogen (secondary N) is 1. The third-order valence-electron chi connectivity index (χ3n) is 3.38. The van der Waals surface area contributed by atoms with Crippen molar-refractivity contribution in [1.29, 1.82) is 5.26 Å². The summed E-state index contributed by atoms with van der Waals surface area (Å²) in [6.45, 7) is 4.19. The van der Waals surface area contributed by atoms with Crippen LogP contribution in [-0.4, -0.2) is 24.6 Å². The number of likely N-dealkylation sites (N-methyl/N-ethyl adjacent to an activating group) is 1. The summed E-state index contributed by atoms with van der Waals surface area (Å²) < 4.78 is 0. The minimum atomic E-state index is -0.483. The van der Waals surface area contributed by atoms with Crippen LogP contribution in [0.2, 0.25) is 0 Å². The first-order chi connectivity index (χ1) is 10.5. The van der Waals surface area contributed by atoms with E-state index < -0.39 is 5.91 Å². The van der Waals surface area contributed by atoms with Gasteiger partial charge >= 0.3 is 0 Å². The summed E-state index contributed by atoms with van der Waals surface area (Å²) in [5.41, 5.74) is 1.80. The molecule has 0 radical (unpaired) electrons. The number of rotatable bonds is 3. The zero-order chi connectivity index (χ0) is 16.3. The molecule has 1 fully saturated rings. The average molecular weight is 315 g/mol. The Morgan fingerprint density at radius 2 is 2.00 bits per heavy atom. The molecule has 0 bridgehead atoms. The Hall–Kier alpha value is -2.26. The highest BCUT2D eigenvalue weighted by molar-refractivity contribution is 8.04. The van der Waals surface area contributed by atoms with E-state index in [2.05, 4.69) is 19.2 Å². The summed E-state index contributed by atoms with van der Waals surface area (Å²) >= 11 is 1.21. The first kappa shape index (κ1) is 16.1. The fourth-order valence-corrected chi connectivity index (χ4v) is 3.15. The van der Waals surface area contributed by atoms with Crippen molar-refractivity contribution in [3.8, 4) is 6.07 Å². The molecule has 0 aliphatic carbocycles. The van der Waals surface area contributed by atoms with Crippen molar-refractivity contribution in [2.24, 2.45) is 0 Å². The van der Waals surface area contributed by atoms with E-state index in [1.807, 2.05) is 30.3 Å². The monoisotopic (exact) mass is 315 g/mol. The molecule has 0 atom stereocenters. The number of nitriles is 1. The van der Waals surface area contributed by atoms with E-state index in [-0.39, 0.29) is 17.2 Å². The Kier molecular flexibility index (Phi) is 4.88. The Morgan fingerprint density at radius 3 is 2.50 bits per heavy atom. The molecule has 2 rings (SSSR count). The van der Waals surface area contributed by atoms with Crippen LogP contribution in [0.5, 0.6) is 0 Å². The molecule has 5 nitrogen and oxygen atoms in total. The van der Waals surface area contributed by atoms with E-state index in [0.29, 0.717) is 16.6 Å². The van der Waals surface area contributed by atoms with Gasteiger partial charge in [0.05, 0.1) is 5.75 Å². The lowest BCUT2D eigenvalue weighted by Crippen LogP contribution is -2.28. The van der Waals surface area contributed by atoms with Crippen LogP contribution in [0.1, 0.15) is 25.3 Å². The summed E-state index contributed by atoms with van der Waals surface area (Å²) in [7, 11) is 1.46. The van der Waals surface area contributed by atoms with Crippen LogP contribution in [0.4, 0.5) is 5.69 Å². The lowest BCUT2D eigenvalue weighted by atomic mass is 10.0. The molecule has 1 aromatic carbocycles. The number of anilines is 1. The van der Waals surface area contributed by atoms with Gasteiger partial charge in [-0.05, 0) is 23.6 Å². The molecule has 1 aromatic rings. The quantitative estimate of drug-likeness (QED) is 0.686. The van der Waals surface area contributed by atoms with Crippen LogP contribution in [-0.2, 0) is 9.59 Å². The molecule has 0 aromatic heterocycles. The second kappa shape index (κ2) is 6.67. The predicted octanol–water partition coefficient (Wildman–Crippen LogP) is 2.37. The molecule has 0 unspecified atom stereocenters. The van der Waals surface area contributed by atoms with Crippen molar-refractivity contribution in [2.45, 2.75) is 19.8 Å². The topological polar surface area (TPSA) is 73.2 Å². The zero-order valence-corrected chi connectivity index (χ0v) is 13.5. The van der Waals surface area contributed by atoms with E-state index >= 15 is 0 Å². The van der Waals surface area contributed by atoms with E-state index in [0.717, 1.165) is 0 Å². The summed E-state index contributed by atoms with van der Waals surface area (Å²) in [6.07, 6.45) is 0. The summed E-state index contributed by atoms with van der Waals surface area (Å²) in [6, 6.07) is 9.50. The number of carbonyl (C=O) groups is 2. The van der Waals surface area contributed by atoms with Crippen molar-refractivity contribution >= 4 is 29.3 Å². The molecule has 2 amide bonds. The second-order valence-electron chi connectivity index (χ2n) is 5.14. The number of benzene rings is 1. The molecule has 114 valence electrons. The van der Waals surface area contributed by atoms with Crippen LogP contribution in [0.25, 0.3) is 0 Å². The second-order valence-corrected chi connectivity index (χ2v) is 6.10. The van der Waals surface area contributed by atoms with Gasteiger partial charge < -0.3 is 5.32 Å². The van der Waals surface area contributed by atoms with Crippen LogP contribution >= 0.6 is 11.8 Å². The minimum absolute atomic E-state index is 0.0358. The van der Waals surface area contributed by atoms with Gasteiger partial charge in [-0.1, -0.05) is 37.7 Å². The predicted molar refractivity (Wildman–Crippen MR) is 87.2 cm³/mol. The molecule has 1 aliphatic heterocycles. The van der Waals surface area contributed by atoms with Crippen molar-refractivity contribution in [3.05, 3.63) is 40.4 Å². The molecule has 1 saturated heterocycles. The van der Waals surface area contributed by atoms with Crippen molar-refractivity contribution in [3.63, 3.8) is 0 Å². The lowest BCUT2D eigenvalue weighted by Gasteiger charge is -2.19. The zero-order valence-electron chi connectivity index (χ0n) is 12.7. The third kappa shape index (κ3) is 3.00. The number of hydrogen-bond donors (Lipinski definition) is 1.